The first-order valence-electron chi connectivity index (χ1n) is 8.60. The molecule has 1 fully saturated rings. The Hall–Kier alpha value is -2.29. The Labute approximate surface area is 158 Å². The van der Waals surface area contributed by atoms with Crippen LogP contribution in [-0.2, 0) is 25.3 Å². The second kappa shape index (κ2) is 8.60. The third-order valence-corrected chi connectivity index (χ3v) is 5.58. The molecule has 8 heteroatoms. The molecule has 0 spiro atoms. The number of nitrogens with zero attached hydrogens (tertiary/aromatic N) is 1. The van der Waals surface area contributed by atoms with Crippen LogP contribution in [0.1, 0.15) is 17.2 Å². The fraction of sp³-hybridized carbons (Fsp3) is 0.316. The van der Waals surface area contributed by atoms with Gasteiger partial charge in [-0.15, -0.1) is 0 Å². The predicted octanol–water partition coefficient (Wildman–Crippen LogP) is 1.85. The lowest BCUT2D eigenvalue weighted by molar-refractivity contribution is -0.137. The van der Waals surface area contributed by atoms with E-state index < -0.39 is 21.9 Å². The SMILES string of the molecule is O=C([C@@H](NS(=O)(=O)Cc1ccc(F)cc1)c1ccccc1)N1CCOCC1. The highest BCUT2D eigenvalue weighted by atomic mass is 32.2. The summed E-state index contributed by atoms with van der Waals surface area (Å²) in [6, 6.07) is 12.9. The number of hydrogen-bond acceptors (Lipinski definition) is 4. The second-order valence-electron chi connectivity index (χ2n) is 6.28. The van der Waals surface area contributed by atoms with Crippen LogP contribution >= 0.6 is 0 Å². The first-order valence-corrected chi connectivity index (χ1v) is 10.3. The molecule has 0 radical (unpaired) electrons. The van der Waals surface area contributed by atoms with E-state index in [1.807, 2.05) is 0 Å². The van der Waals surface area contributed by atoms with Crippen LogP contribution in [0.2, 0.25) is 0 Å². The van der Waals surface area contributed by atoms with Gasteiger partial charge in [0, 0.05) is 13.1 Å². The van der Waals surface area contributed by atoms with Gasteiger partial charge in [0.05, 0.1) is 19.0 Å². The molecular weight excluding hydrogens is 371 g/mol. The molecule has 1 aliphatic heterocycles. The monoisotopic (exact) mass is 392 g/mol. The summed E-state index contributed by atoms with van der Waals surface area (Å²) < 4.78 is 46.1. The normalized spacial score (nSPS) is 16.1. The van der Waals surface area contributed by atoms with Crippen molar-refractivity contribution < 1.29 is 22.3 Å². The fourth-order valence-corrected chi connectivity index (χ4v) is 4.20. The highest BCUT2D eigenvalue weighted by molar-refractivity contribution is 7.88. The van der Waals surface area contributed by atoms with Crippen molar-refractivity contribution >= 4 is 15.9 Å². The number of benzene rings is 2. The fourth-order valence-electron chi connectivity index (χ4n) is 2.89. The molecule has 6 nitrogen and oxygen atoms in total. The molecule has 0 unspecified atom stereocenters. The number of rotatable bonds is 6. The molecule has 3 rings (SSSR count). The summed E-state index contributed by atoms with van der Waals surface area (Å²) in [4.78, 5) is 14.6. The number of halogens is 1. The molecule has 1 saturated heterocycles. The Bertz CT molecular complexity index is 866. The van der Waals surface area contributed by atoms with Gasteiger partial charge in [0.1, 0.15) is 11.9 Å². The van der Waals surface area contributed by atoms with Gasteiger partial charge in [0.2, 0.25) is 15.9 Å². The minimum absolute atomic E-state index is 0.313. The molecule has 0 aliphatic carbocycles. The Morgan fingerprint density at radius 2 is 1.70 bits per heavy atom. The number of carbonyl (C=O) groups excluding carboxylic acids is 1. The van der Waals surface area contributed by atoms with Gasteiger partial charge in [0.25, 0.3) is 0 Å². The van der Waals surface area contributed by atoms with E-state index in [4.69, 9.17) is 4.74 Å². The summed E-state index contributed by atoms with van der Waals surface area (Å²) in [7, 11) is -3.83. The summed E-state index contributed by atoms with van der Waals surface area (Å²) in [6.45, 7) is 1.69. The highest BCUT2D eigenvalue weighted by Crippen LogP contribution is 2.19. The van der Waals surface area contributed by atoms with E-state index in [1.165, 1.54) is 24.3 Å². The highest BCUT2D eigenvalue weighted by Gasteiger charge is 2.30. The third kappa shape index (κ3) is 5.35. The van der Waals surface area contributed by atoms with Gasteiger partial charge < -0.3 is 9.64 Å². The number of amides is 1. The van der Waals surface area contributed by atoms with Crippen molar-refractivity contribution in [2.45, 2.75) is 11.8 Å². The number of carbonyl (C=O) groups is 1. The summed E-state index contributed by atoms with van der Waals surface area (Å²) in [5.41, 5.74) is 1.01. The molecule has 0 bridgehead atoms. The zero-order valence-electron chi connectivity index (χ0n) is 14.7. The smallest absolute Gasteiger partial charge is 0.245 e. The zero-order valence-corrected chi connectivity index (χ0v) is 15.5. The Balaban J connectivity index is 1.81. The first-order chi connectivity index (χ1) is 12.9. The Morgan fingerprint density at radius 3 is 2.33 bits per heavy atom. The largest absolute Gasteiger partial charge is 0.378 e. The van der Waals surface area contributed by atoms with Crippen molar-refractivity contribution in [3.8, 4) is 0 Å². The molecule has 2 aromatic rings. The lowest BCUT2D eigenvalue weighted by Gasteiger charge is -2.30. The van der Waals surface area contributed by atoms with Gasteiger partial charge in [-0.05, 0) is 23.3 Å². The molecule has 1 amide bonds. The molecule has 1 aliphatic rings. The molecular formula is C19H21FN2O4S. The number of nitrogens with one attached hydrogen (secondary N) is 1. The molecule has 1 heterocycles. The van der Waals surface area contributed by atoms with Gasteiger partial charge in [-0.25, -0.2) is 12.8 Å². The zero-order chi connectivity index (χ0) is 19.3. The van der Waals surface area contributed by atoms with E-state index in [0.717, 1.165) is 0 Å². The van der Waals surface area contributed by atoms with E-state index >= 15 is 0 Å². The summed E-state index contributed by atoms with van der Waals surface area (Å²) in [5.74, 6) is -1.09. The van der Waals surface area contributed by atoms with E-state index in [9.17, 15) is 17.6 Å². The summed E-state index contributed by atoms with van der Waals surface area (Å²) in [5, 5.41) is 0. The van der Waals surface area contributed by atoms with E-state index in [0.29, 0.717) is 37.4 Å². The minimum atomic E-state index is -3.83. The molecule has 27 heavy (non-hydrogen) atoms. The molecule has 1 atom stereocenters. The van der Waals surface area contributed by atoms with Crippen molar-refractivity contribution in [3.63, 3.8) is 0 Å². The quantitative estimate of drug-likeness (QED) is 0.814. The van der Waals surface area contributed by atoms with Gasteiger partial charge >= 0.3 is 0 Å². The number of morpholine rings is 1. The van der Waals surface area contributed by atoms with Gasteiger partial charge in [-0.1, -0.05) is 42.5 Å². The van der Waals surface area contributed by atoms with Crippen LogP contribution in [-0.4, -0.2) is 45.5 Å². The maximum Gasteiger partial charge on any atom is 0.245 e. The van der Waals surface area contributed by atoms with Crippen LogP contribution in [0.4, 0.5) is 4.39 Å². The summed E-state index contributed by atoms with van der Waals surface area (Å²) >= 11 is 0. The summed E-state index contributed by atoms with van der Waals surface area (Å²) in [6.07, 6.45) is 0. The average molecular weight is 392 g/mol. The Kier molecular flexibility index (Phi) is 6.20. The first kappa shape index (κ1) is 19.5. The van der Waals surface area contributed by atoms with Crippen molar-refractivity contribution in [2.75, 3.05) is 26.3 Å². The van der Waals surface area contributed by atoms with Crippen LogP contribution in [0.25, 0.3) is 0 Å². The second-order valence-corrected chi connectivity index (χ2v) is 8.04. The lowest BCUT2D eigenvalue weighted by atomic mass is 10.1. The van der Waals surface area contributed by atoms with Crippen LogP contribution in [0.5, 0.6) is 0 Å². The lowest BCUT2D eigenvalue weighted by Crippen LogP contribution is -2.47. The Morgan fingerprint density at radius 1 is 1.07 bits per heavy atom. The maximum absolute atomic E-state index is 13.0. The van der Waals surface area contributed by atoms with E-state index in [2.05, 4.69) is 4.72 Å². The van der Waals surface area contributed by atoms with Crippen LogP contribution < -0.4 is 4.72 Å². The molecule has 144 valence electrons. The predicted molar refractivity (Wildman–Crippen MR) is 98.7 cm³/mol. The third-order valence-electron chi connectivity index (χ3n) is 4.27. The number of ether oxygens (including phenoxy) is 1. The van der Waals surface area contributed by atoms with E-state index in [1.54, 1.807) is 35.2 Å². The van der Waals surface area contributed by atoms with Crippen molar-refractivity contribution in [2.24, 2.45) is 0 Å². The number of hydrogen-bond donors (Lipinski definition) is 1. The van der Waals surface area contributed by atoms with Crippen LogP contribution in [0.3, 0.4) is 0 Å². The van der Waals surface area contributed by atoms with Gasteiger partial charge in [-0.2, -0.15) is 4.72 Å². The maximum atomic E-state index is 13.0. The molecule has 0 aromatic heterocycles. The van der Waals surface area contributed by atoms with E-state index in [-0.39, 0.29) is 11.7 Å². The topological polar surface area (TPSA) is 75.7 Å². The number of sulfonamides is 1. The van der Waals surface area contributed by atoms with Gasteiger partial charge in [-0.3, -0.25) is 4.79 Å². The molecule has 0 saturated carbocycles. The standard InChI is InChI=1S/C19H21FN2O4S/c20-17-8-6-15(7-9-17)14-27(24,25)21-18(16-4-2-1-3-5-16)19(23)22-10-12-26-13-11-22/h1-9,18,21H,10-14H2/t18-/m0/s1. The molecule has 1 N–H and O–H groups in total. The van der Waals surface area contributed by atoms with Crippen LogP contribution in [0, 0.1) is 5.82 Å². The van der Waals surface area contributed by atoms with Crippen molar-refractivity contribution in [3.05, 3.63) is 71.5 Å². The van der Waals surface area contributed by atoms with Gasteiger partial charge in [0.15, 0.2) is 0 Å². The molecule has 2 aromatic carbocycles. The van der Waals surface area contributed by atoms with Crippen molar-refractivity contribution in [1.29, 1.82) is 0 Å². The van der Waals surface area contributed by atoms with Crippen LogP contribution in [0.15, 0.2) is 54.6 Å². The average Bonchev–Trinajstić information content (AvgIpc) is 2.69. The minimum Gasteiger partial charge on any atom is -0.378 e. The van der Waals surface area contributed by atoms with Crippen molar-refractivity contribution in [1.82, 2.24) is 9.62 Å².